The standard InChI is InChI=1S/C16H14ClF3N2O4S/c17-12-5-9(6-14-15(12)26-4-3-25-14)8-22-13-2-1-10(27(21,23)24)7-11(13)16(18,19)20/h1-2,5-7,22H,3-4,8H2,(H2,21,23,24). The average Bonchev–Trinajstić information content (AvgIpc) is 2.58. The van der Waals surface area contributed by atoms with Crippen molar-refractivity contribution in [1.29, 1.82) is 0 Å². The molecule has 6 nitrogen and oxygen atoms in total. The molecule has 1 aliphatic rings. The Hall–Kier alpha value is -2.17. The van der Waals surface area contributed by atoms with Gasteiger partial charge in [0, 0.05) is 12.2 Å². The highest BCUT2D eigenvalue weighted by Crippen LogP contribution is 2.39. The van der Waals surface area contributed by atoms with Gasteiger partial charge in [-0.1, -0.05) is 11.6 Å². The first-order valence-electron chi connectivity index (χ1n) is 7.61. The van der Waals surface area contributed by atoms with Crippen LogP contribution in [0.25, 0.3) is 0 Å². The number of primary sulfonamides is 1. The van der Waals surface area contributed by atoms with Crippen LogP contribution >= 0.6 is 11.6 Å². The Morgan fingerprint density at radius 2 is 1.85 bits per heavy atom. The largest absolute Gasteiger partial charge is 0.486 e. The third-order valence-electron chi connectivity index (χ3n) is 3.76. The van der Waals surface area contributed by atoms with Gasteiger partial charge < -0.3 is 14.8 Å². The number of halogens is 4. The molecule has 3 N–H and O–H groups in total. The van der Waals surface area contributed by atoms with Crippen molar-refractivity contribution in [1.82, 2.24) is 0 Å². The molecule has 3 rings (SSSR count). The Labute approximate surface area is 158 Å². The second-order valence-corrected chi connectivity index (χ2v) is 7.67. The highest BCUT2D eigenvalue weighted by atomic mass is 35.5. The highest BCUT2D eigenvalue weighted by molar-refractivity contribution is 7.89. The summed E-state index contributed by atoms with van der Waals surface area (Å²) in [6.07, 6.45) is -4.77. The summed E-state index contributed by atoms with van der Waals surface area (Å²) in [5.74, 6) is 0.798. The zero-order chi connectivity index (χ0) is 19.8. The Bertz CT molecular complexity index is 980. The van der Waals surface area contributed by atoms with E-state index in [4.69, 9.17) is 26.2 Å². The number of hydrogen-bond acceptors (Lipinski definition) is 5. The van der Waals surface area contributed by atoms with Crippen LogP contribution in [0.4, 0.5) is 18.9 Å². The molecule has 0 amide bonds. The van der Waals surface area contributed by atoms with Crippen molar-refractivity contribution in [3.05, 3.63) is 46.5 Å². The summed E-state index contributed by atoms with van der Waals surface area (Å²) >= 11 is 6.11. The number of alkyl halides is 3. The molecule has 0 saturated carbocycles. The van der Waals surface area contributed by atoms with Gasteiger partial charge in [0.2, 0.25) is 10.0 Å². The molecule has 1 heterocycles. The van der Waals surface area contributed by atoms with Crippen LogP contribution in [0, 0.1) is 0 Å². The Balaban J connectivity index is 1.89. The van der Waals surface area contributed by atoms with Gasteiger partial charge in [0.25, 0.3) is 0 Å². The third-order valence-corrected chi connectivity index (χ3v) is 4.96. The van der Waals surface area contributed by atoms with Crippen molar-refractivity contribution in [3.63, 3.8) is 0 Å². The van der Waals surface area contributed by atoms with E-state index in [2.05, 4.69) is 5.32 Å². The maximum atomic E-state index is 13.3. The maximum absolute atomic E-state index is 13.3. The number of nitrogens with one attached hydrogen (secondary N) is 1. The molecule has 0 aromatic heterocycles. The number of sulfonamides is 1. The monoisotopic (exact) mass is 422 g/mol. The van der Waals surface area contributed by atoms with Gasteiger partial charge >= 0.3 is 6.18 Å². The summed E-state index contributed by atoms with van der Waals surface area (Å²) in [7, 11) is -4.26. The molecule has 27 heavy (non-hydrogen) atoms. The minimum absolute atomic E-state index is 0.00579. The fourth-order valence-electron chi connectivity index (χ4n) is 2.55. The quantitative estimate of drug-likeness (QED) is 0.788. The molecule has 146 valence electrons. The summed E-state index contributed by atoms with van der Waals surface area (Å²) in [5, 5.41) is 7.83. The normalized spacial score (nSPS) is 14.1. The summed E-state index contributed by atoms with van der Waals surface area (Å²) in [6, 6.07) is 5.67. The second kappa shape index (κ2) is 7.10. The molecule has 0 atom stereocenters. The van der Waals surface area contributed by atoms with Crippen molar-refractivity contribution in [2.75, 3.05) is 18.5 Å². The van der Waals surface area contributed by atoms with Crippen LogP contribution in [0.1, 0.15) is 11.1 Å². The molecule has 0 spiro atoms. The van der Waals surface area contributed by atoms with E-state index >= 15 is 0 Å². The fourth-order valence-corrected chi connectivity index (χ4v) is 3.38. The number of hydrogen-bond donors (Lipinski definition) is 2. The molecule has 1 aliphatic heterocycles. The number of benzene rings is 2. The Morgan fingerprint density at radius 3 is 2.52 bits per heavy atom. The van der Waals surface area contributed by atoms with E-state index in [1.165, 1.54) is 0 Å². The minimum Gasteiger partial charge on any atom is -0.486 e. The number of nitrogens with two attached hydrogens (primary N) is 1. The number of anilines is 1. The van der Waals surface area contributed by atoms with Crippen molar-refractivity contribution in [2.45, 2.75) is 17.6 Å². The summed E-state index contributed by atoms with van der Waals surface area (Å²) < 4.78 is 73.4. The molecular weight excluding hydrogens is 409 g/mol. The molecule has 0 saturated heterocycles. The number of rotatable bonds is 4. The Morgan fingerprint density at radius 1 is 1.15 bits per heavy atom. The smallest absolute Gasteiger partial charge is 0.418 e. The lowest BCUT2D eigenvalue weighted by molar-refractivity contribution is -0.137. The van der Waals surface area contributed by atoms with Gasteiger partial charge in [-0.25, -0.2) is 13.6 Å². The van der Waals surface area contributed by atoms with Gasteiger partial charge in [-0.05, 0) is 35.9 Å². The zero-order valence-electron chi connectivity index (χ0n) is 13.6. The van der Waals surface area contributed by atoms with Gasteiger partial charge in [0.15, 0.2) is 11.5 Å². The van der Waals surface area contributed by atoms with Crippen molar-refractivity contribution in [2.24, 2.45) is 5.14 Å². The molecule has 0 unspecified atom stereocenters. The van der Waals surface area contributed by atoms with Gasteiger partial charge in [0.05, 0.1) is 15.5 Å². The SMILES string of the molecule is NS(=O)(=O)c1ccc(NCc2cc(Cl)c3c(c2)OCCO3)c(C(F)(F)F)c1. The molecule has 0 aliphatic carbocycles. The first-order valence-corrected chi connectivity index (χ1v) is 9.54. The Kier molecular flexibility index (Phi) is 5.15. The van der Waals surface area contributed by atoms with E-state index in [0.29, 0.717) is 36.3 Å². The predicted molar refractivity (Wildman–Crippen MR) is 92.6 cm³/mol. The van der Waals surface area contributed by atoms with E-state index in [0.717, 1.165) is 12.1 Å². The molecule has 0 radical (unpaired) electrons. The molecule has 0 fully saturated rings. The summed E-state index contributed by atoms with van der Waals surface area (Å²) in [4.78, 5) is -0.622. The first-order chi connectivity index (χ1) is 12.6. The van der Waals surface area contributed by atoms with Crippen molar-refractivity contribution < 1.29 is 31.1 Å². The van der Waals surface area contributed by atoms with Crippen LogP contribution < -0.4 is 19.9 Å². The molecule has 2 aromatic rings. The third kappa shape index (κ3) is 4.40. The van der Waals surface area contributed by atoms with E-state index in [9.17, 15) is 21.6 Å². The molecule has 2 aromatic carbocycles. The lowest BCUT2D eigenvalue weighted by atomic mass is 10.1. The lowest BCUT2D eigenvalue weighted by Gasteiger charge is -2.21. The second-order valence-electron chi connectivity index (χ2n) is 5.71. The molecule has 0 bridgehead atoms. The fraction of sp³-hybridized carbons (Fsp3) is 0.250. The van der Waals surface area contributed by atoms with Crippen LogP contribution in [0.15, 0.2) is 35.2 Å². The predicted octanol–water partition coefficient (Wildman–Crippen LogP) is 3.39. The van der Waals surface area contributed by atoms with Gasteiger partial charge in [-0.2, -0.15) is 13.2 Å². The average molecular weight is 423 g/mol. The van der Waals surface area contributed by atoms with Crippen LogP contribution in [0.2, 0.25) is 5.02 Å². The van der Waals surface area contributed by atoms with E-state index < -0.39 is 26.7 Å². The highest BCUT2D eigenvalue weighted by Gasteiger charge is 2.34. The van der Waals surface area contributed by atoms with Crippen molar-refractivity contribution in [3.8, 4) is 11.5 Å². The summed E-state index contributed by atoms with van der Waals surface area (Å²) in [6.45, 7) is 0.692. The van der Waals surface area contributed by atoms with Crippen molar-refractivity contribution >= 4 is 27.3 Å². The number of fused-ring (bicyclic) bond motifs is 1. The van der Waals surface area contributed by atoms with E-state index in [1.54, 1.807) is 12.1 Å². The van der Waals surface area contributed by atoms with Crippen LogP contribution in [0.5, 0.6) is 11.5 Å². The van der Waals surface area contributed by atoms with E-state index in [1.807, 2.05) is 0 Å². The molecule has 11 heteroatoms. The first kappa shape index (κ1) is 19.6. The summed E-state index contributed by atoms with van der Waals surface area (Å²) in [5.41, 5.74) is -0.869. The number of ether oxygens (including phenoxy) is 2. The van der Waals surface area contributed by atoms with Gasteiger partial charge in [-0.15, -0.1) is 0 Å². The van der Waals surface area contributed by atoms with Crippen LogP contribution in [-0.2, 0) is 22.7 Å². The zero-order valence-corrected chi connectivity index (χ0v) is 15.2. The maximum Gasteiger partial charge on any atom is 0.418 e. The van der Waals surface area contributed by atoms with Gasteiger partial charge in [-0.3, -0.25) is 0 Å². The lowest BCUT2D eigenvalue weighted by Crippen LogP contribution is -2.17. The molecular formula is C16H14ClF3N2O4S. The van der Waals surface area contributed by atoms with Gasteiger partial charge in [0.1, 0.15) is 13.2 Å². The van der Waals surface area contributed by atoms with Crippen LogP contribution in [0.3, 0.4) is 0 Å². The van der Waals surface area contributed by atoms with E-state index in [-0.39, 0.29) is 17.3 Å². The van der Waals surface area contributed by atoms with Crippen LogP contribution in [-0.4, -0.2) is 21.6 Å². The topological polar surface area (TPSA) is 90.7 Å². The minimum atomic E-state index is -4.77.